The van der Waals surface area contributed by atoms with Crippen molar-refractivity contribution in [2.24, 2.45) is 0 Å². The molecule has 0 fully saturated rings. The highest BCUT2D eigenvalue weighted by atomic mass is 16.5. The van der Waals surface area contributed by atoms with Gasteiger partial charge in [-0.3, -0.25) is 4.79 Å². The van der Waals surface area contributed by atoms with E-state index >= 15 is 0 Å². The summed E-state index contributed by atoms with van der Waals surface area (Å²) < 4.78 is 16.0. The van der Waals surface area contributed by atoms with Gasteiger partial charge in [0.2, 0.25) is 0 Å². The molecule has 0 saturated carbocycles. The number of carbonyl (C=O) groups is 2. The highest BCUT2D eigenvalue weighted by molar-refractivity contribution is 5.97. The van der Waals surface area contributed by atoms with Crippen molar-refractivity contribution >= 4 is 11.9 Å². The van der Waals surface area contributed by atoms with Crippen molar-refractivity contribution in [1.29, 1.82) is 0 Å². The van der Waals surface area contributed by atoms with Gasteiger partial charge in [0.15, 0.2) is 17.2 Å². The smallest absolute Gasteiger partial charge is 0.328 e. The number of carbonyl (C=O) groups excluding carboxylic acids is 2. The third-order valence-corrected chi connectivity index (χ3v) is 4.70. The minimum Gasteiger partial charge on any atom is -0.508 e. The molecule has 3 atom stereocenters. The Morgan fingerprint density at radius 3 is 2.29 bits per heavy atom. The van der Waals surface area contributed by atoms with Gasteiger partial charge in [-0.15, -0.1) is 0 Å². The first-order chi connectivity index (χ1) is 16.2. The van der Waals surface area contributed by atoms with E-state index in [9.17, 15) is 14.7 Å². The normalized spacial score (nSPS) is 13.0. The summed E-state index contributed by atoms with van der Waals surface area (Å²) in [5.74, 6) is -1.20. The number of methoxy groups -OCH3 is 1. The molecule has 0 radical (unpaired) electrons. The number of esters is 1. The second-order valence-electron chi connectivity index (χ2n) is 7.63. The van der Waals surface area contributed by atoms with Gasteiger partial charge in [0.05, 0.1) is 13.2 Å². The van der Waals surface area contributed by atoms with E-state index < -0.39 is 17.9 Å². The molecular formula is C25H36N2O7. The molecule has 2 rings (SSSR count). The Morgan fingerprint density at radius 2 is 1.76 bits per heavy atom. The summed E-state index contributed by atoms with van der Waals surface area (Å²) in [6, 6.07) is 9.24. The second kappa shape index (κ2) is 15.5. The topological polar surface area (TPSA) is 127 Å². The molecule has 0 aliphatic carbocycles. The lowest BCUT2D eigenvalue weighted by molar-refractivity contribution is -0.151. The number of phenols is 1. The zero-order valence-corrected chi connectivity index (χ0v) is 20.5. The summed E-state index contributed by atoms with van der Waals surface area (Å²) in [7, 11) is 1.37. The van der Waals surface area contributed by atoms with Crippen molar-refractivity contribution in [3.8, 4) is 17.2 Å². The molecule has 1 aromatic carbocycles. The van der Waals surface area contributed by atoms with Crippen LogP contribution in [0.15, 0.2) is 42.6 Å². The predicted octanol–water partition coefficient (Wildman–Crippen LogP) is 3.83. The van der Waals surface area contributed by atoms with E-state index in [-0.39, 0.29) is 29.4 Å². The Hall–Kier alpha value is -3.33. The predicted molar refractivity (Wildman–Crippen MR) is 128 cm³/mol. The molecule has 0 aliphatic heterocycles. The molecule has 0 saturated heterocycles. The number of benzene rings is 1. The number of hydrogen-bond acceptors (Lipinski definition) is 8. The van der Waals surface area contributed by atoms with Crippen LogP contribution in [0.1, 0.15) is 57.4 Å². The number of rotatable bonds is 11. The average molecular weight is 477 g/mol. The summed E-state index contributed by atoms with van der Waals surface area (Å²) in [6.45, 7) is 8.03. The number of aromatic nitrogens is 1. The van der Waals surface area contributed by atoms with Crippen LogP contribution in [0.5, 0.6) is 17.2 Å². The first kappa shape index (κ1) is 28.7. The van der Waals surface area contributed by atoms with Gasteiger partial charge in [-0.1, -0.05) is 32.0 Å². The third-order valence-electron chi connectivity index (χ3n) is 4.70. The Balaban J connectivity index is 0.000000700. The first-order valence-corrected chi connectivity index (χ1v) is 11.3. The second-order valence-corrected chi connectivity index (χ2v) is 7.63. The van der Waals surface area contributed by atoms with Crippen molar-refractivity contribution < 1.29 is 34.0 Å². The molecule has 34 heavy (non-hydrogen) atoms. The van der Waals surface area contributed by atoms with E-state index in [1.54, 1.807) is 31.2 Å². The molecule has 3 unspecified atom stereocenters. The van der Waals surface area contributed by atoms with E-state index in [1.165, 1.54) is 26.3 Å². The number of phenolic OH excluding ortho intramolecular Hbond substituents is 1. The Morgan fingerprint density at radius 1 is 1.09 bits per heavy atom. The number of amides is 1. The number of pyridine rings is 1. The Bertz CT molecular complexity index is 877. The van der Waals surface area contributed by atoms with Crippen molar-refractivity contribution in [3.05, 3.63) is 48.3 Å². The molecule has 3 N–H and O–H groups in total. The molecule has 0 aliphatic rings. The van der Waals surface area contributed by atoms with Crippen LogP contribution in [0.25, 0.3) is 0 Å². The SMILES string of the molecule is CCCOC(CC)CC(C)OC(=O)C(C)NC(=O)c1nccc(OC)c1O.Oc1ccccc1. The van der Waals surface area contributed by atoms with Gasteiger partial charge >= 0.3 is 5.97 Å². The van der Waals surface area contributed by atoms with E-state index in [0.717, 1.165) is 12.8 Å². The van der Waals surface area contributed by atoms with E-state index in [4.69, 9.17) is 19.3 Å². The van der Waals surface area contributed by atoms with Gasteiger partial charge in [-0.25, -0.2) is 9.78 Å². The molecule has 9 heteroatoms. The zero-order valence-electron chi connectivity index (χ0n) is 20.5. The molecule has 1 amide bonds. The van der Waals surface area contributed by atoms with Crippen LogP contribution < -0.4 is 10.1 Å². The van der Waals surface area contributed by atoms with Gasteiger partial charge in [-0.05, 0) is 38.8 Å². The largest absolute Gasteiger partial charge is 0.508 e. The van der Waals surface area contributed by atoms with Crippen LogP contribution in [0, 0.1) is 0 Å². The zero-order chi connectivity index (χ0) is 25.5. The molecule has 1 aromatic heterocycles. The molecule has 9 nitrogen and oxygen atoms in total. The molecule has 188 valence electrons. The summed E-state index contributed by atoms with van der Waals surface area (Å²) in [6.07, 6.45) is 3.35. The lowest BCUT2D eigenvalue weighted by Crippen LogP contribution is -2.41. The van der Waals surface area contributed by atoms with Crippen molar-refractivity contribution in [2.75, 3.05) is 13.7 Å². The van der Waals surface area contributed by atoms with Crippen molar-refractivity contribution in [1.82, 2.24) is 10.3 Å². The van der Waals surface area contributed by atoms with Gasteiger partial charge in [0.25, 0.3) is 5.91 Å². The minimum absolute atomic E-state index is 0.0237. The highest BCUT2D eigenvalue weighted by Crippen LogP contribution is 2.27. The lowest BCUT2D eigenvalue weighted by atomic mass is 10.1. The van der Waals surface area contributed by atoms with Crippen molar-refractivity contribution in [3.63, 3.8) is 0 Å². The summed E-state index contributed by atoms with van der Waals surface area (Å²) in [5, 5.41) is 21.1. The van der Waals surface area contributed by atoms with Crippen LogP contribution in [0.3, 0.4) is 0 Å². The van der Waals surface area contributed by atoms with Gasteiger partial charge in [0.1, 0.15) is 17.9 Å². The van der Waals surface area contributed by atoms with Crippen molar-refractivity contribution in [2.45, 2.75) is 65.2 Å². The number of aromatic hydroxyl groups is 2. The van der Waals surface area contributed by atoms with E-state index in [0.29, 0.717) is 18.8 Å². The molecule has 2 aromatic rings. The third kappa shape index (κ3) is 10.1. The number of nitrogens with zero attached hydrogens (tertiary/aromatic N) is 1. The van der Waals surface area contributed by atoms with E-state index in [2.05, 4.69) is 10.3 Å². The van der Waals surface area contributed by atoms with Crippen LogP contribution in [-0.2, 0) is 14.3 Å². The van der Waals surface area contributed by atoms with Gasteiger partial charge in [0, 0.05) is 25.3 Å². The maximum Gasteiger partial charge on any atom is 0.328 e. The standard InChI is InChI=1S/C19H30N2O6.C6H6O/c1-6-10-26-14(7-2)11-12(3)27-19(24)13(4)21-18(23)16-17(22)15(25-5)8-9-20-16;7-6-4-2-1-3-5-6/h8-9,12-14,22H,6-7,10-11H2,1-5H3,(H,21,23);1-5,7H. The number of para-hydroxylation sites is 1. The Labute approximate surface area is 201 Å². The first-order valence-electron chi connectivity index (χ1n) is 11.3. The molecule has 0 spiro atoms. The van der Waals surface area contributed by atoms with Gasteiger partial charge in [-0.2, -0.15) is 0 Å². The monoisotopic (exact) mass is 476 g/mol. The fraction of sp³-hybridized carbons (Fsp3) is 0.480. The Kier molecular flexibility index (Phi) is 13.1. The number of ether oxygens (including phenoxy) is 3. The summed E-state index contributed by atoms with van der Waals surface area (Å²) >= 11 is 0. The number of nitrogens with one attached hydrogen (secondary N) is 1. The maximum atomic E-state index is 12.3. The summed E-state index contributed by atoms with van der Waals surface area (Å²) in [5.41, 5.74) is -0.221. The maximum absolute atomic E-state index is 12.3. The fourth-order valence-electron chi connectivity index (χ4n) is 2.87. The van der Waals surface area contributed by atoms with E-state index in [1.807, 2.05) is 19.9 Å². The quantitative estimate of drug-likeness (QED) is 0.418. The van der Waals surface area contributed by atoms with Gasteiger partial charge < -0.3 is 29.7 Å². The number of hydrogen-bond donors (Lipinski definition) is 3. The van der Waals surface area contributed by atoms with Crippen LogP contribution >= 0.6 is 0 Å². The van der Waals surface area contributed by atoms with Crippen LogP contribution in [-0.4, -0.2) is 59.0 Å². The minimum atomic E-state index is -0.899. The lowest BCUT2D eigenvalue weighted by Gasteiger charge is -2.22. The summed E-state index contributed by atoms with van der Waals surface area (Å²) in [4.78, 5) is 28.3. The highest BCUT2D eigenvalue weighted by Gasteiger charge is 2.24. The van der Waals surface area contributed by atoms with Crippen LogP contribution in [0.4, 0.5) is 0 Å². The average Bonchev–Trinajstić information content (AvgIpc) is 2.82. The molecular weight excluding hydrogens is 440 g/mol. The fourth-order valence-corrected chi connectivity index (χ4v) is 2.87. The molecule has 1 heterocycles. The molecule has 0 bridgehead atoms. The van der Waals surface area contributed by atoms with Crippen LogP contribution in [0.2, 0.25) is 0 Å².